The molecule has 2 atom stereocenters. The molecule has 82 heavy (non-hydrogen) atoms. The zero-order valence-electron chi connectivity index (χ0n) is 53.9. The van der Waals surface area contributed by atoms with E-state index < -0.39 is 62.1 Å². The molecule has 0 saturated carbocycles. The third kappa shape index (κ3) is 38.7. The normalized spacial score (nSPS) is 19.8. The molecule has 23 nitrogen and oxygen atoms in total. The van der Waals surface area contributed by atoms with Gasteiger partial charge in [0, 0.05) is 118 Å². The van der Waals surface area contributed by atoms with Gasteiger partial charge < -0.3 is 38.2 Å². The van der Waals surface area contributed by atoms with Crippen molar-refractivity contribution in [2.24, 2.45) is 0 Å². The number of rotatable bonds is 23. The lowest BCUT2D eigenvalue weighted by Crippen LogP contribution is -2.49. The van der Waals surface area contributed by atoms with Gasteiger partial charge in [0.1, 0.15) is 35.4 Å². The van der Waals surface area contributed by atoms with Gasteiger partial charge in [-0.05, 0) is 144 Å². The van der Waals surface area contributed by atoms with Crippen LogP contribution in [0.3, 0.4) is 0 Å². The molecule has 2 saturated heterocycles. The van der Waals surface area contributed by atoms with Crippen molar-refractivity contribution in [1.29, 1.82) is 0 Å². The molecular formula is C57H112N8O15P2. The van der Waals surface area contributed by atoms with Gasteiger partial charge in [-0.3, -0.25) is 67.5 Å². The van der Waals surface area contributed by atoms with Crippen molar-refractivity contribution in [3.63, 3.8) is 0 Å². The Hall–Kier alpha value is -2.31. The number of carbonyl (C=O) groups is 4. The Morgan fingerprint density at radius 3 is 0.890 bits per heavy atom. The van der Waals surface area contributed by atoms with Crippen molar-refractivity contribution in [1.82, 2.24) is 39.2 Å². The first-order valence-electron chi connectivity index (χ1n) is 29.5. The molecule has 2 fully saturated rings. The zero-order chi connectivity index (χ0) is 62.3. The van der Waals surface area contributed by atoms with Gasteiger partial charge >= 0.3 is 40.2 Å². The molecule has 2 N–H and O–H groups in total. The largest absolute Gasteiger partial charge is 0.459 e. The molecule has 2 aliphatic heterocycles. The van der Waals surface area contributed by atoms with Crippen LogP contribution in [0, 0.1) is 0 Å². The van der Waals surface area contributed by atoms with Crippen LogP contribution in [-0.4, -0.2) is 276 Å². The van der Waals surface area contributed by atoms with E-state index in [0.717, 1.165) is 0 Å². The fourth-order valence-corrected chi connectivity index (χ4v) is 12.1. The van der Waals surface area contributed by atoms with Crippen LogP contribution in [0.2, 0.25) is 0 Å². The number of ether oxygens (including phenoxy) is 4. The Labute approximate surface area is 495 Å². The molecule has 0 radical (unpaired) electrons. The molecule has 0 aromatic heterocycles. The van der Waals surface area contributed by atoms with E-state index in [1.165, 1.54) is 0 Å². The smallest absolute Gasteiger partial charge is 0.345 e. The van der Waals surface area contributed by atoms with Crippen molar-refractivity contribution in [2.75, 3.05) is 157 Å². The summed E-state index contributed by atoms with van der Waals surface area (Å²) >= 11 is 0. The van der Waals surface area contributed by atoms with Crippen LogP contribution in [0.1, 0.15) is 144 Å². The molecule has 2 heterocycles. The van der Waals surface area contributed by atoms with Gasteiger partial charge in [-0.1, -0.05) is 0 Å². The van der Waals surface area contributed by atoms with Crippen LogP contribution in [0.25, 0.3) is 0 Å². The van der Waals surface area contributed by atoms with Crippen LogP contribution in [0.5, 0.6) is 0 Å². The molecule has 0 aromatic carbocycles. The van der Waals surface area contributed by atoms with Gasteiger partial charge in [-0.2, -0.15) is 0 Å². The van der Waals surface area contributed by atoms with Crippen LogP contribution in [0.15, 0.2) is 0 Å². The minimum absolute atomic E-state index is 0.0106. The third-order valence-corrected chi connectivity index (χ3v) is 15.1. The second-order valence-electron chi connectivity index (χ2n) is 28.0. The molecule has 2 aliphatic rings. The average molecular weight is 1210 g/mol. The second kappa shape index (κ2) is 34.9. The van der Waals surface area contributed by atoms with Gasteiger partial charge in [0.2, 0.25) is 0 Å². The molecule has 0 aromatic rings. The summed E-state index contributed by atoms with van der Waals surface area (Å²) in [6.45, 7) is 41.1. The Morgan fingerprint density at radius 2 is 0.646 bits per heavy atom. The van der Waals surface area contributed by atoms with Gasteiger partial charge in [0.05, 0.1) is 49.6 Å². The second-order valence-corrected chi connectivity index (χ2v) is 30.3. The molecule has 2 rings (SSSR count). The van der Waals surface area contributed by atoms with E-state index in [-0.39, 0.29) is 63.1 Å². The predicted octanol–water partition coefficient (Wildman–Crippen LogP) is 5.65. The van der Waals surface area contributed by atoms with E-state index in [0.29, 0.717) is 137 Å². The number of esters is 4. The molecule has 480 valence electrons. The number of hydrogen-bond acceptors (Lipinski definition) is 23. The summed E-state index contributed by atoms with van der Waals surface area (Å²) in [5.41, 5.74) is -4.27. The highest BCUT2D eigenvalue weighted by atomic mass is 31.2. The van der Waals surface area contributed by atoms with E-state index >= 15 is 0 Å². The van der Waals surface area contributed by atoms with Crippen molar-refractivity contribution in [3.05, 3.63) is 0 Å². The monoisotopic (exact) mass is 1210 g/mol. The lowest BCUT2D eigenvalue weighted by atomic mass is 10.1. The molecular weight excluding hydrogens is 1100 g/mol. The SMILES string of the molecule is CC(C)(C)OC(=O)CN1CCN(COP=O)CCN(CC(=O)OC(C)(C)C)CCN(CC(O)CCCC(O)CN2CCN(CC(=O)OC(C)(C)C)CCN(CP(=O)(OC(C)(C)C)OC(C)(C)C)CCN(CC(=O)OC(C)(C)C)CC2)CC1. The number of nitrogens with zero attached hydrogens (tertiary/aromatic N) is 8. The number of hydrogen-bond donors (Lipinski definition) is 2. The Balaban J connectivity index is 2.37. The van der Waals surface area contributed by atoms with Crippen LogP contribution >= 0.6 is 16.3 Å². The fraction of sp³-hybridized carbons (Fsp3) is 0.930. The first-order chi connectivity index (χ1) is 37.6. The first-order valence-corrected chi connectivity index (χ1v) is 32.0. The summed E-state index contributed by atoms with van der Waals surface area (Å²) in [5.74, 6) is -1.47. The molecule has 0 spiro atoms. The van der Waals surface area contributed by atoms with Crippen LogP contribution in [0.4, 0.5) is 0 Å². The summed E-state index contributed by atoms with van der Waals surface area (Å²) < 4.78 is 66.6. The summed E-state index contributed by atoms with van der Waals surface area (Å²) in [6.07, 6.45) is -0.209. The summed E-state index contributed by atoms with van der Waals surface area (Å²) in [5, 5.41) is 23.4. The Morgan fingerprint density at radius 1 is 0.402 bits per heavy atom. The van der Waals surface area contributed by atoms with Gasteiger partial charge in [-0.15, -0.1) is 0 Å². The lowest BCUT2D eigenvalue weighted by Gasteiger charge is -2.37. The highest BCUT2D eigenvalue weighted by Crippen LogP contribution is 2.54. The van der Waals surface area contributed by atoms with E-state index in [1.807, 2.05) is 154 Å². The summed E-state index contributed by atoms with van der Waals surface area (Å²) in [7, 11) is -4.19. The molecule has 0 bridgehead atoms. The van der Waals surface area contributed by atoms with Crippen molar-refractivity contribution in [2.45, 2.75) is 190 Å². The zero-order valence-corrected chi connectivity index (χ0v) is 55.7. The van der Waals surface area contributed by atoms with E-state index in [4.69, 9.17) is 32.5 Å². The highest BCUT2D eigenvalue weighted by Gasteiger charge is 2.38. The number of β-amino-alcohol motifs (C(OH)–C–C–N with tert-alkyl or cyclic N) is 2. The summed E-state index contributed by atoms with van der Waals surface area (Å²) in [6, 6.07) is 0. The predicted molar refractivity (Wildman–Crippen MR) is 319 cm³/mol. The van der Waals surface area contributed by atoms with Gasteiger partial charge in [-0.25, -0.2) is 4.57 Å². The average Bonchev–Trinajstić information content (AvgIpc) is 3.25. The molecule has 0 aliphatic carbocycles. The Bertz CT molecular complexity index is 1860. The lowest BCUT2D eigenvalue weighted by molar-refractivity contribution is -0.157. The van der Waals surface area contributed by atoms with Gasteiger partial charge in [0.15, 0.2) is 0 Å². The number of aliphatic hydroxyl groups is 2. The number of carbonyl (C=O) groups excluding carboxylic acids is 4. The van der Waals surface area contributed by atoms with E-state index in [2.05, 4.69) is 9.80 Å². The van der Waals surface area contributed by atoms with Crippen molar-refractivity contribution >= 4 is 40.2 Å². The van der Waals surface area contributed by atoms with Gasteiger partial charge in [0.25, 0.3) is 0 Å². The standard InChI is InChI=1S/C57H112N8O15P2/c1-52(2,3)75-48(68)40-60-26-22-58(23-27-61(41-49(69)76-53(4,5)6)31-35-64(34-30-60)44-74-81-72)38-46(66)20-19-21-47(67)39-59-24-28-62(42-50(70)77-54(7,8)9)32-36-65(45-82(73,79-56(13,14)15)80-57(16,17)18)37-33-63(29-25-59)43-51(71)78-55(10,11)12/h46-47,66-67H,19-45H2,1-18H3. The Kier molecular flexibility index (Phi) is 32.2. The highest BCUT2D eigenvalue weighted by molar-refractivity contribution is 7.53. The molecule has 2 unspecified atom stereocenters. The van der Waals surface area contributed by atoms with E-state index in [1.54, 1.807) is 0 Å². The van der Waals surface area contributed by atoms with Crippen LogP contribution < -0.4 is 0 Å². The minimum Gasteiger partial charge on any atom is -0.459 e. The topological polar surface area (TPSA) is 233 Å². The minimum atomic E-state index is -3.74. The maximum Gasteiger partial charge on any atom is 0.345 e. The maximum atomic E-state index is 14.7. The quantitative estimate of drug-likeness (QED) is 0.0715. The molecule has 25 heteroatoms. The van der Waals surface area contributed by atoms with Crippen molar-refractivity contribution in [3.8, 4) is 0 Å². The third-order valence-electron chi connectivity index (χ3n) is 12.5. The van der Waals surface area contributed by atoms with Crippen LogP contribution in [-0.2, 0) is 60.8 Å². The molecule has 0 amide bonds. The first kappa shape index (κ1) is 75.8. The van der Waals surface area contributed by atoms with E-state index in [9.17, 15) is 38.5 Å². The number of aliphatic hydroxyl groups excluding tert-OH is 2. The maximum absolute atomic E-state index is 14.7. The fourth-order valence-electron chi connectivity index (χ4n) is 9.28. The summed E-state index contributed by atoms with van der Waals surface area (Å²) in [4.78, 5) is 69.4. The van der Waals surface area contributed by atoms with Crippen molar-refractivity contribution < 1.29 is 71.0 Å².